The summed E-state index contributed by atoms with van der Waals surface area (Å²) in [6.07, 6.45) is 1.58. The molecule has 0 radical (unpaired) electrons. The van der Waals surface area contributed by atoms with Crippen molar-refractivity contribution in [3.63, 3.8) is 0 Å². The van der Waals surface area contributed by atoms with Crippen LogP contribution in [0.15, 0.2) is 40.8 Å². The number of halogens is 1. The number of hydrogen-bond acceptors (Lipinski definition) is 5. The molecule has 1 aromatic heterocycles. The molecule has 9 heteroatoms. The highest BCUT2D eigenvalue weighted by molar-refractivity contribution is 7.99. The lowest BCUT2D eigenvalue weighted by Crippen LogP contribution is -2.37. The van der Waals surface area contributed by atoms with Crippen molar-refractivity contribution < 1.29 is 9.59 Å². The summed E-state index contributed by atoms with van der Waals surface area (Å²) in [5.74, 6) is -0.547. The number of allylic oxidation sites excluding steroid dienone is 1. The molecule has 2 amide bonds. The van der Waals surface area contributed by atoms with E-state index in [0.29, 0.717) is 27.6 Å². The molecule has 7 nitrogen and oxygen atoms in total. The Kier molecular flexibility index (Phi) is 7.23. The van der Waals surface area contributed by atoms with Crippen molar-refractivity contribution in [1.82, 2.24) is 20.2 Å². The van der Waals surface area contributed by atoms with Gasteiger partial charge in [-0.3, -0.25) is 19.0 Å². The van der Waals surface area contributed by atoms with Crippen LogP contribution in [0.2, 0.25) is 5.02 Å². The molecule has 2 aromatic rings. The molecule has 1 heterocycles. The number of carbonyl (C=O) groups excluding carboxylic acids is 2. The van der Waals surface area contributed by atoms with Crippen LogP contribution in [0.4, 0.5) is 0 Å². The number of hydrogen-bond donors (Lipinski definition) is 2. The smallest absolute Gasteiger partial charge is 0.262 e. The van der Waals surface area contributed by atoms with Gasteiger partial charge < -0.3 is 10.6 Å². The SMILES string of the molecule is C=CCn1c(SCC(=O)NCC(=O)NCC)nc2ccc(Cl)cc2c1=O. The second-order valence-corrected chi connectivity index (χ2v) is 6.66. The van der Waals surface area contributed by atoms with Gasteiger partial charge in [-0.2, -0.15) is 0 Å². The van der Waals surface area contributed by atoms with Crippen molar-refractivity contribution in [2.75, 3.05) is 18.8 Å². The third-order valence-corrected chi connectivity index (χ3v) is 4.56. The first kappa shape index (κ1) is 20.0. The fourth-order valence-corrected chi connectivity index (χ4v) is 3.20. The first-order chi connectivity index (χ1) is 12.5. The van der Waals surface area contributed by atoms with E-state index in [-0.39, 0.29) is 36.2 Å². The Balaban J connectivity index is 2.17. The molecule has 0 saturated carbocycles. The lowest BCUT2D eigenvalue weighted by molar-refractivity contribution is -0.124. The molecule has 0 aliphatic heterocycles. The normalized spacial score (nSPS) is 10.5. The fraction of sp³-hybridized carbons (Fsp3) is 0.294. The molecular formula is C17H19ClN4O3S. The zero-order chi connectivity index (χ0) is 19.1. The predicted octanol–water partition coefficient (Wildman–Crippen LogP) is 1.58. The molecule has 0 unspecified atom stereocenters. The van der Waals surface area contributed by atoms with Crippen LogP contribution in [-0.4, -0.2) is 40.2 Å². The molecule has 0 aliphatic rings. The molecular weight excluding hydrogens is 376 g/mol. The average molecular weight is 395 g/mol. The first-order valence-corrected chi connectivity index (χ1v) is 9.29. The van der Waals surface area contributed by atoms with Crippen molar-refractivity contribution in [3.05, 3.63) is 46.2 Å². The van der Waals surface area contributed by atoms with Crippen molar-refractivity contribution in [2.24, 2.45) is 0 Å². The maximum Gasteiger partial charge on any atom is 0.262 e. The number of fused-ring (bicyclic) bond motifs is 1. The van der Waals surface area contributed by atoms with Gasteiger partial charge in [0, 0.05) is 18.1 Å². The summed E-state index contributed by atoms with van der Waals surface area (Å²) in [5.41, 5.74) is 0.257. The van der Waals surface area contributed by atoms with Gasteiger partial charge in [-0.15, -0.1) is 6.58 Å². The Hall–Kier alpha value is -2.32. The van der Waals surface area contributed by atoms with E-state index in [1.54, 1.807) is 31.2 Å². The minimum absolute atomic E-state index is 0.0298. The summed E-state index contributed by atoms with van der Waals surface area (Å²) in [4.78, 5) is 40.4. The number of thioether (sulfide) groups is 1. The van der Waals surface area contributed by atoms with Gasteiger partial charge in [-0.05, 0) is 25.1 Å². The van der Waals surface area contributed by atoms with Gasteiger partial charge in [-0.25, -0.2) is 4.98 Å². The van der Waals surface area contributed by atoms with Crippen molar-refractivity contribution in [2.45, 2.75) is 18.6 Å². The number of likely N-dealkylation sites (N-methyl/N-ethyl adjacent to an activating group) is 1. The minimum Gasteiger partial charge on any atom is -0.355 e. The molecule has 0 saturated heterocycles. The summed E-state index contributed by atoms with van der Waals surface area (Å²) in [6, 6.07) is 4.89. The number of benzene rings is 1. The van der Waals surface area contributed by atoms with Crippen LogP contribution in [-0.2, 0) is 16.1 Å². The molecule has 0 spiro atoms. The highest BCUT2D eigenvalue weighted by atomic mass is 35.5. The van der Waals surface area contributed by atoms with Gasteiger partial charge >= 0.3 is 0 Å². The Bertz CT molecular complexity index is 897. The standard InChI is InChI=1S/C17H19ClN4O3S/c1-3-7-22-16(25)12-8-11(18)5-6-13(12)21-17(22)26-10-15(24)20-9-14(23)19-4-2/h3,5-6,8H,1,4,7,9-10H2,2H3,(H,19,23)(H,20,24). The van der Waals surface area contributed by atoms with E-state index in [0.717, 1.165) is 11.8 Å². The van der Waals surface area contributed by atoms with Gasteiger partial charge in [0.2, 0.25) is 11.8 Å². The predicted molar refractivity (Wildman–Crippen MR) is 104 cm³/mol. The molecule has 138 valence electrons. The third kappa shape index (κ3) is 5.09. The van der Waals surface area contributed by atoms with Crippen LogP contribution in [0.5, 0.6) is 0 Å². The molecule has 26 heavy (non-hydrogen) atoms. The lowest BCUT2D eigenvalue weighted by atomic mass is 10.2. The molecule has 1 aromatic carbocycles. The largest absolute Gasteiger partial charge is 0.355 e. The quantitative estimate of drug-likeness (QED) is 0.403. The molecule has 0 bridgehead atoms. The zero-order valence-electron chi connectivity index (χ0n) is 14.3. The fourth-order valence-electron chi connectivity index (χ4n) is 2.19. The maximum absolute atomic E-state index is 12.7. The van der Waals surface area contributed by atoms with Gasteiger partial charge in [0.05, 0.1) is 23.2 Å². The van der Waals surface area contributed by atoms with Gasteiger partial charge in [0.25, 0.3) is 5.56 Å². The maximum atomic E-state index is 12.7. The Morgan fingerprint density at radius 1 is 1.35 bits per heavy atom. The van der Waals surface area contributed by atoms with E-state index in [1.165, 1.54) is 4.57 Å². The van der Waals surface area contributed by atoms with Gasteiger partial charge in [-0.1, -0.05) is 29.4 Å². The number of nitrogens with zero attached hydrogens (tertiary/aromatic N) is 2. The average Bonchev–Trinajstić information content (AvgIpc) is 2.62. The van der Waals surface area contributed by atoms with E-state index in [2.05, 4.69) is 22.2 Å². The molecule has 0 atom stereocenters. The first-order valence-electron chi connectivity index (χ1n) is 7.93. The van der Waals surface area contributed by atoms with Gasteiger partial charge in [0.15, 0.2) is 5.16 Å². The second kappa shape index (κ2) is 9.40. The molecule has 2 N–H and O–H groups in total. The van der Waals surface area contributed by atoms with E-state index >= 15 is 0 Å². The van der Waals surface area contributed by atoms with Crippen LogP contribution >= 0.6 is 23.4 Å². The topological polar surface area (TPSA) is 93.1 Å². The van der Waals surface area contributed by atoms with Crippen molar-refractivity contribution in [3.8, 4) is 0 Å². The van der Waals surface area contributed by atoms with Crippen LogP contribution in [0.3, 0.4) is 0 Å². The van der Waals surface area contributed by atoms with Crippen molar-refractivity contribution in [1.29, 1.82) is 0 Å². The molecule has 0 fully saturated rings. The minimum atomic E-state index is -0.322. The summed E-state index contributed by atoms with van der Waals surface area (Å²) < 4.78 is 1.44. The van der Waals surface area contributed by atoms with Crippen LogP contribution < -0.4 is 16.2 Å². The Labute approximate surface area is 159 Å². The zero-order valence-corrected chi connectivity index (χ0v) is 15.8. The van der Waals surface area contributed by atoms with Gasteiger partial charge in [0.1, 0.15) is 0 Å². The van der Waals surface area contributed by atoms with Crippen LogP contribution in [0.1, 0.15) is 6.92 Å². The number of nitrogens with one attached hydrogen (secondary N) is 2. The molecule has 2 rings (SSSR count). The third-order valence-electron chi connectivity index (χ3n) is 3.35. The summed E-state index contributed by atoms with van der Waals surface area (Å²) in [6.45, 7) is 6.13. The summed E-state index contributed by atoms with van der Waals surface area (Å²) >= 11 is 7.08. The summed E-state index contributed by atoms with van der Waals surface area (Å²) in [5, 5.41) is 6.37. The highest BCUT2D eigenvalue weighted by Gasteiger charge is 2.13. The molecule has 0 aliphatic carbocycles. The monoisotopic (exact) mass is 394 g/mol. The Morgan fingerprint density at radius 3 is 2.81 bits per heavy atom. The Morgan fingerprint density at radius 2 is 2.12 bits per heavy atom. The highest BCUT2D eigenvalue weighted by Crippen LogP contribution is 2.20. The summed E-state index contributed by atoms with van der Waals surface area (Å²) in [7, 11) is 0. The lowest BCUT2D eigenvalue weighted by Gasteiger charge is -2.11. The van der Waals surface area contributed by atoms with E-state index in [1.807, 2.05) is 0 Å². The van der Waals surface area contributed by atoms with Crippen LogP contribution in [0.25, 0.3) is 10.9 Å². The number of aromatic nitrogens is 2. The van der Waals surface area contributed by atoms with E-state index in [4.69, 9.17) is 11.6 Å². The van der Waals surface area contributed by atoms with Crippen LogP contribution in [0, 0.1) is 0 Å². The second-order valence-electron chi connectivity index (χ2n) is 5.28. The van der Waals surface area contributed by atoms with E-state index in [9.17, 15) is 14.4 Å². The number of carbonyl (C=O) groups is 2. The number of rotatable bonds is 8. The van der Waals surface area contributed by atoms with Crippen molar-refractivity contribution >= 4 is 46.1 Å². The number of amides is 2. The van der Waals surface area contributed by atoms with E-state index < -0.39 is 0 Å².